The number of hydrogen-bond donors (Lipinski definition) is 1. The maximum Gasteiger partial charge on any atom is 0.316 e. The van der Waals surface area contributed by atoms with E-state index in [1.54, 1.807) is 19.1 Å². The number of hydrogen-bond acceptors (Lipinski definition) is 5. The number of ether oxygens (including phenoxy) is 1. The fourth-order valence-corrected chi connectivity index (χ4v) is 3.09. The standard InChI is InChI=1S/C12H12ClN3O3S/c1-8-10(13)4-3-5-11(8)20(17,18)16-9-6-14-12(19-2)15-7-9/h3-7,16H,1-2H3. The van der Waals surface area contributed by atoms with Crippen LogP contribution in [0.15, 0.2) is 35.5 Å². The van der Waals surface area contributed by atoms with Crippen molar-refractivity contribution in [1.82, 2.24) is 9.97 Å². The summed E-state index contributed by atoms with van der Waals surface area (Å²) in [7, 11) is -2.32. The lowest BCUT2D eigenvalue weighted by molar-refractivity contribution is 0.380. The molecule has 0 amide bonds. The molecular weight excluding hydrogens is 302 g/mol. The summed E-state index contributed by atoms with van der Waals surface area (Å²) in [6.07, 6.45) is 2.65. The number of sulfonamides is 1. The third kappa shape index (κ3) is 3.00. The molecule has 8 heteroatoms. The molecule has 2 aromatic rings. The minimum Gasteiger partial charge on any atom is -0.467 e. The van der Waals surface area contributed by atoms with Gasteiger partial charge in [-0.05, 0) is 24.6 Å². The molecule has 0 saturated heterocycles. The zero-order valence-corrected chi connectivity index (χ0v) is 12.4. The fourth-order valence-electron chi connectivity index (χ4n) is 1.56. The van der Waals surface area contributed by atoms with Crippen molar-refractivity contribution in [1.29, 1.82) is 0 Å². The minimum absolute atomic E-state index is 0.112. The quantitative estimate of drug-likeness (QED) is 0.936. The highest BCUT2D eigenvalue weighted by Gasteiger charge is 2.18. The Labute approximate surface area is 121 Å². The van der Waals surface area contributed by atoms with Crippen LogP contribution in [0.2, 0.25) is 5.02 Å². The Hall–Kier alpha value is -1.86. The topological polar surface area (TPSA) is 81.2 Å². The van der Waals surface area contributed by atoms with Crippen LogP contribution in [-0.4, -0.2) is 25.5 Å². The van der Waals surface area contributed by atoms with Gasteiger partial charge in [-0.25, -0.2) is 18.4 Å². The molecule has 1 aromatic carbocycles. The summed E-state index contributed by atoms with van der Waals surface area (Å²) < 4.78 is 31.7. The number of aromatic nitrogens is 2. The Bertz CT molecular complexity index is 717. The average molecular weight is 314 g/mol. The monoisotopic (exact) mass is 313 g/mol. The number of anilines is 1. The van der Waals surface area contributed by atoms with Crippen LogP contribution in [0.5, 0.6) is 6.01 Å². The summed E-state index contributed by atoms with van der Waals surface area (Å²) in [5, 5.41) is 0.388. The number of halogens is 1. The molecule has 0 radical (unpaired) electrons. The second-order valence-corrected chi connectivity index (χ2v) is 5.98. The summed E-state index contributed by atoms with van der Waals surface area (Å²) in [6, 6.07) is 4.85. The highest BCUT2D eigenvalue weighted by atomic mass is 35.5. The maximum atomic E-state index is 12.3. The molecular formula is C12H12ClN3O3S. The zero-order valence-electron chi connectivity index (χ0n) is 10.8. The van der Waals surface area contributed by atoms with E-state index in [4.69, 9.17) is 16.3 Å². The lowest BCUT2D eigenvalue weighted by Crippen LogP contribution is -2.14. The van der Waals surface area contributed by atoms with Gasteiger partial charge in [0.05, 0.1) is 30.1 Å². The Morgan fingerprint density at radius 1 is 1.25 bits per heavy atom. The van der Waals surface area contributed by atoms with Gasteiger partial charge < -0.3 is 4.74 Å². The minimum atomic E-state index is -3.74. The molecule has 1 heterocycles. The van der Waals surface area contributed by atoms with Gasteiger partial charge in [-0.15, -0.1) is 0 Å². The number of nitrogens with zero attached hydrogens (tertiary/aromatic N) is 2. The van der Waals surface area contributed by atoms with Crippen molar-refractivity contribution in [3.8, 4) is 6.01 Å². The van der Waals surface area contributed by atoms with Gasteiger partial charge >= 0.3 is 6.01 Å². The first kappa shape index (κ1) is 14.5. The third-order valence-corrected chi connectivity index (χ3v) is 4.51. The van der Waals surface area contributed by atoms with Crippen LogP contribution in [0, 0.1) is 6.92 Å². The van der Waals surface area contributed by atoms with E-state index >= 15 is 0 Å². The Kier molecular flexibility index (Phi) is 4.10. The van der Waals surface area contributed by atoms with Crippen LogP contribution in [0.25, 0.3) is 0 Å². The number of benzene rings is 1. The highest BCUT2D eigenvalue weighted by molar-refractivity contribution is 7.92. The predicted octanol–water partition coefficient (Wildman–Crippen LogP) is 2.25. The molecule has 0 fully saturated rings. The van der Waals surface area contributed by atoms with Crippen molar-refractivity contribution < 1.29 is 13.2 Å². The van der Waals surface area contributed by atoms with Crippen molar-refractivity contribution >= 4 is 27.3 Å². The van der Waals surface area contributed by atoms with Gasteiger partial charge in [-0.2, -0.15) is 0 Å². The first-order valence-corrected chi connectivity index (χ1v) is 7.44. The fraction of sp³-hybridized carbons (Fsp3) is 0.167. The molecule has 0 spiro atoms. The van der Waals surface area contributed by atoms with Gasteiger partial charge in [0.15, 0.2) is 0 Å². The first-order chi connectivity index (χ1) is 9.44. The van der Waals surface area contributed by atoms with E-state index in [0.29, 0.717) is 10.6 Å². The van der Waals surface area contributed by atoms with Crippen molar-refractivity contribution in [3.05, 3.63) is 41.2 Å². The van der Waals surface area contributed by atoms with Gasteiger partial charge in [0, 0.05) is 5.02 Å². The predicted molar refractivity (Wildman–Crippen MR) is 75.6 cm³/mol. The van der Waals surface area contributed by atoms with E-state index in [2.05, 4.69) is 14.7 Å². The zero-order chi connectivity index (χ0) is 14.8. The molecule has 6 nitrogen and oxygen atoms in total. The first-order valence-electron chi connectivity index (χ1n) is 5.58. The summed E-state index contributed by atoms with van der Waals surface area (Å²) in [5.74, 6) is 0. The average Bonchev–Trinajstić information content (AvgIpc) is 2.42. The van der Waals surface area contributed by atoms with Crippen LogP contribution in [0.4, 0.5) is 5.69 Å². The summed E-state index contributed by atoms with van der Waals surface area (Å²) >= 11 is 5.93. The number of rotatable bonds is 4. The third-order valence-electron chi connectivity index (χ3n) is 2.57. The SMILES string of the molecule is COc1ncc(NS(=O)(=O)c2cccc(Cl)c2C)cn1. The smallest absolute Gasteiger partial charge is 0.316 e. The lowest BCUT2D eigenvalue weighted by Gasteiger charge is -2.10. The van der Waals surface area contributed by atoms with Gasteiger partial charge in [-0.1, -0.05) is 17.7 Å². The Morgan fingerprint density at radius 2 is 1.90 bits per heavy atom. The number of nitrogens with one attached hydrogen (secondary N) is 1. The van der Waals surface area contributed by atoms with Crippen LogP contribution < -0.4 is 9.46 Å². The van der Waals surface area contributed by atoms with E-state index in [1.165, 1.54) is 25.6 Å². The molecule has 0 atom stereocenters. The molecule has 0 saturated carbocycles. The van der Waals surface area contributed by atoms with Crippen molar-refractivity contribution in [3.63, 3.8) is 0 Å². The molecule has 106 valence electrons. The molecule has 0 aliphatic carbocycles. The molecule has 1 N–H and O–H groups in total. The summed E-state index contributed by atoms with van der Waals surface area (Å²) in [6.45, 7) is 1.64. The van der Waals surface area contributed by atoms with E-state index in [0.717, 1.165) is 0 Å². The van der Waals surface area contributed by atoms with Crippen LogP contribution >= 0.6 is 11.6 Å². The largest absolute Gasteiger partial charge is 0.467 e. The van der Waals surface area contributed by atoms with Gasteiger partial charge in [0.2, 0.25) is 0 Å². The second-order valence-electron chi connectivity index (χ2n) is 3.93. The van der Waals surface area contributed by atoms with Crippen molar-refractivity contribution in [2.24, 2.45) is 0 Å². The van der Waals surface area contributed by atoms with E-state index in [9.17, 15) is 8.42 Å². The molecule has 0 aliphatic rings. The molecule has 20 heavy (non-hydrogen) atoms. The van der Waals surface area contributed by atoms with Gasteiger partial charge in [0.1, 0.15) is 0 Å². The van der Waals surface area contributed by atoms with Crippen molar-refractivity contribution in [2.45, 2.75) is 11.8 Å². The van der Waals surface area contributed by atoms with Crippen molar-refractivity contribution in [2.75, 3.05) is 11.8 Å². The van der Waals surface area contributed by atoms with Crippen LogP contribution in [0.3, 0.4) is 0 Å². The van der Waals surface area contributed by atoms with Crippen LogP contribution in [0.1, 0.15) is 5.56 Å². The molecule has 0 unspecified atom stereocenters. The van der Waals surface area contributed by atoms with Gasteiger partial charge in [-0.3, -0.25) is 4.72 Å². The molecule has 0 bridgehead atoms. The Morgan fingerprint density at radius 3 is 2.50 bits per heavy atom. The summed E-state index contributed by atoms with van der Waals surface area (Å²) in [5.41, 5.74) is 0.723. The van der Waals surface area contributed by atoms with E-state index in [1.807, 2.05) is 0 Å². The van der Waals surface area contributed by atoms with E-state index < -0.39 is 10.0 Å². The Balaban J connectivity index is 2.33. The van der Waals surface area contributed by atoms with Gasteiger partial charge in [0.25, 0.3) is 10.0 Å². The normalized spacial score (nSPS) is 11.2. The number of methoxy groups -OCH3 is 1. The molecule has 1 aromatic heterocycles. The maximum absolute atomic E-state index is 12.3. The highest BCUT2D eigenvalue weighted by Crippen LogP contribution is 2.24. The van der Waals surface area contributed by atoms with E-state index in [-0.39, 0.29) is 16.6 Å². The van der Waals surface area contributed by atoms with Crippen LogP contribution in [-0.2, 0) is 10.0 Å². The summed E-state index contributed by atoms with van der Waals surface area (Å²) in [4.78, 5) is 7.77. The lowest BCUT2D eigenvalue weighted by atomic mass is 10.2. The molecule has 2 rings (SSSR count). The second kappa shape index (κ2) is 5.64. The molecule has 0 aliphatic heterocycles.